The Hall–Kier alpha value is -1.06. The molecular weight excluding hydrogens is 252 g/mol. The van der Waals surface area contributed by atoms with Crippen molar-refractivity contribution in [3.8, 4) is 0 Å². The van der Waals surface area contributed by atoms with Crippen LogP contribution in [-0.4, -0.2) is 17.2 Å². The van der Waals surface area contributed by atoms with E-state index in [0.717, 1.165) is 23.4 Å². The van der Waals surface area contributed by atoms with E-state index < -0.39 is 5.97 Å². The Morgan fingerprint density at radius 2 is 1.94 bits per heavy atom. The number of carboxylic acids is 1. The molecule has 1 aromatic rings. The van der Waals surface area contributed by atoms with Gasteiger partial charge in [-0.3, -0.25) is 4.79 Å². The average Bonchev–Trinajstić information content (AvgIpc) is 2.38. The Morgan fingerprint density at radius 3 is 2.56 bits per heavy atom. The van der Waals surface area contributed by atoms with Crippen LogP contribution in [0.4, 0.5) is 0 Å². The second-order valence-corrected chi connectivity index (χ2v) is 5.12. The molecule has 0 aromatic heterocycles. The van der Waals surface area contributed by atoms with Crippen LogP contribution in [0.15, 0.2) is 24.3 Å². The van der Waals surface area contributed by atoms with E-state index in [4.69, 9.17) is 21.4 Å². The SMILES string of the molecule is O=C(O)C1CCC(OCc2ccccc2Cl)CC1. The molecule has 4 heteroatoms. The number of hydrogen-bond donors (Lipinski definition) is 1. The molecular formula is C14H17ClO3. The Morgan fingerprint density at radius 1 is 1.28 bits per heavy atom. The van der Waals surface area contributed by atoms with Crippen LogP contribution < -0.4 is 0 Å². The second kappa shape index (κ2) is 6.21. The predicted molar refractivity (Wildman–Crippen MR) is 69.6 cm³/mol. The zero-order valence-electron chi connectivity index (χ0n) is 10.1. The summed E-state index contributed by atoms with van der Waals surface area (Å²) >= 11 is 6.05. The molecule has 1 saturated carbocycles. The molecule has 0 aliphatic heterocycles. The van der Waals surface area contributed by atoms with Crippen molar-refractivity contribution in [3.05, 3.63) is 34.9 Å². The van der Waals surface area contributed by atoms with Crippen LogP contribution in [0.1, 0.15) is 31.2 Å². The minimum Gasteiger partial charge on any atom is -0.481 e. The Balaban J connectivity index is 1.79. The van der Waals surface area contributed by atoms with Crippen LogP contribution in [0.5, 0.6) is 0 Å². The lowest BCUT2D eigenvalue weighted by atomic mass is 9.87. The fourth-order valence-corrected chi connectivity index (χ4v) is 2.49. The Kier molecular flexibility index (Phi) is 4.61. The lowest BCUT2D eigenvalue weighted by molar-refractivity contribution is -0.143. The van der Waals surface area contributed by atoms with Gasteiger partial charge in [0.15, 0.2) is 0 Å². The topological polar surface area (TPSA) is 46.5 Å². The monoisotopic (exact) mass is 268 g/mol. The first kappa shape index (κ1) is 13.4. The van der Waals surface area contributed by atoms with Gasteiger partial charge in [-0.2, -0.15) is 0 Å². The highest BCUT2D eigenvalue weighted by atomic mass is 35.5. The van der Waals surface area contributed by atoms with E-state index in [9.17, 15) is 4.79 Å². The summed E-state index contributed by atoms with van der Waals surface area (Å²) in [5, 5.41) is 9.63. The third-order valence-electron chi connectivity index (χ3n) is 3.46. The summed E-state index contributed by atoms with van der Waals surface area (Å²) in [5.74, 6) is -0.871. The standard InChI is InChI=1S/C14H17ClO3/c15-13-4-2-1-3-11(13)9-18-12-7-5-10(6-8-12)14(16)17/h1-4,10,12H,5-9H2,(H,16,17). The molecule has 1 N–H and O–H groups in total. The first-order valence-corrected chi connectivity index (χ1v) is 6.62. The van der Waals surface area contributed by atoms with Crippen molar-refractivity contribution in [3.63, 3.8) is 0 Å². The first-order chi connectivity index (χ1) is 8.66. The van der Waals surface area contributed by atoms with Crippen molar-refractivity contribution in [2.45, 2.75) is 38.4 Å². The molecule has 0 bridgehead atoms. The normalized spacial score (nSPS) is 23.8. The van der Waals surface area contributed by atoms with E-state index in [-0.39, 0.29) is 12.0 Å². The van der Waals surface area contributed by atoms with Gasteiger partial charge in [0.2, 0.25) is 0 Å². The number of rotatable bonds is 4. The maximum atomic E-state index is 10.8. The van der Waals surface area contributed by atoms with E-state index in [1.807, 2.05) is 24.3 Å². The minimum atomic E-state index is -0.681. The summed E-state index contributed by atoms with van der Waals surface area (Å²) in [6.45, 7) is 0.502. The summed E-state index contributed by atoms with van der Waals surface area (Å²) in [6.07, 6.45) is 3.23. The summed E-state index contributed by atoms with van der Waals surface area (Å²) in [4.78, 5) is 10.8. The van der Waals surface area contributed by atoms with Crippen LogP contribution in [-0.2, 0) is 16.1 Å². The van der Waals surface area contributed by atoms with Crippen molar-refractivity contribution >= 4 is 17.6 Å². The lowest BCUT2D eigenvalue weighted by Crippen LogP contribution is -2.25. The molecule has 2 rings (SSSR count). The number of hydrogen-bond acceptors (Lipinski definition) is 2. The van der Waals surface area contributed by atoms with Gasteiger partial charge in [-0.15, -0.1) is 0 Å². The highest BCUT2D eigenvalue weighted by molar-refractivity contribution is 6.31. The maximum Gasteiger partial charge on any atom is 0.306 e. The molecule has 1 aromatic carbocycles. The summed E-state index contributed by atoms with van der Waals surface area (Å²) < 4.78 is 5.80. The Bertz CT molecular complexity index is 411. The maximum absolute atomic E-state index is 10.8. The Labute approximate surface area is 112 Å². The molecule has 0 spiro atoms. The second-order valence-electron chi connectivity index (χ2n) is 4.71. The molecule has 0 atom stereocenters. The molecule has 1 fully saturated rings. The van der Waals surface area contributed by atoms with Gasteiger partial charge in [-0.25, -0.2) is 0 Å². The molecule has 0 radical (unpaired) electrons. The molecule has 18 heavy (non-hydrogen) atoms. The van der Waals surface area contributed by atoms with Gasteiger partial charge in [0, 0.05) is 5.02 Å². The van der Waals surface area contributed by atoms with Crippen LogP contribution >= 0.6 is 11.6 Å². The number of benzene rings is 1. The summed E-state index contributed by atoms with van der Waals surface area (Å²) in [6, 6.07) is 7.63. The average molecular weight is 269 g/mol. The van der Waals surface area contributed by atoms with E-state index in [1.54, 1.807) is 0 Å². The van der Waals surface area contributed by atoms with E-state index >= 15 is 0 Å². The van der Waals surface area contributed by atoms with Crippen LogP contribution in [0.2, 0.25) is 5.02 Å². The molecule has 0 amide bonds. The van der Waals surface area contributed by atoms with Gasteiger partial charge in [-0.1, -0.05) is 29.8 Å². The summed E-state index contributed by atoms with van der Waals surface area (Å²) in [7, 11) is 0. The molecule has 0 unspecified atom stereocenters. The number of halogens is 1. The first-order valence-electron chi connectivity index (χ1n) is 6.24. The number of ether oxygens (including phenoxy) is 1. The molecule has 0 heterocycles. The van der Waals surface area contributed by atoms with Crippen LogP contribution in [0.25, 0.3) is 0 Å². The van der Waals surface area contributed by atoms with Crippen molar-refractivity contribution in [2.24, 2.45) is 5.92 Å². The fraction of sp³-hybridized carbons (Fsp3) is 0.500. The third-order valence-corrected chi connectivity index (χ3v) is 3.82. The molecule has 0 saturated heterocycles. The molecule has 1 aliphatic rings. The number of carbonyl (C=O) groups is 1. The quantitative estimate of drug-likeness (QED) is 0.909. The van der Waals surface area contributed by atoms with Crippen LogP contribution in [0, 0.1) is 5.92 Å². The van der Waals surface area contributed by atoms with Crippen molar-refractivity contribution < 1.29 is 14.6 Å². The molecule has 98 valence electrons. The van der Waals surface area contributed by atoms with Crippen molar-refractivity contribution in [1.82, 2.24) is 0 Å². The van der Waals surface area contributed by atoms with Gasteiger partial charge in [0.1, 0.15) is 0 Å². The number of carboxylic acid groups (broad SMARTS) is 1. The third kappa shape index (κ3) is 3.47. The van der Waals surface area contributed by atoms with E-state index in [0.29, 0.717) is 19.4 Å². The zero-order chi connectivity index (χ0) is 13.0. The fourth-order valence-electron chi connectivity index (χ4n) is 2.30. The van der Waals surface area contributed by atoms with Crippen molar-refractivity contribution in [1.29, 1.82) is 0 Å². The molecule has 1 aliphatic carbocycles. The smallest absolute Gasteiger partial charge is 0.306 e. The van der Waals surface area contributed by atoms with Gasteiger partial charge in [0.05, 0.1) is 18.6 Å². The van der Waals surface area contributed by atoms with E-state index in [2.05, 4.69) is 0 Å². The summed E-state index contributed by atoms with van der Waals surface area (Å²) in [5.41, 5.74) is 0.986. The van der Waals surface area contributed by atoms with Gasteiger partial charge < -0.3 is 9.84 Å². The zero-order valence-corrected chi connectivity index (χ0v) is 10.9. The van der Waals surface area contributed by atoms with Gasteiger partial charge >= 0.3 is 5.97 Å². The van der Waals surface area contributed by atoms with E-state index in [1.165, 1.54) is 0 Å². The number of aliphatic carboxylic acids is 1. The highest BCUT2D eigenvalue weighted by Gasteiger charge is 2.26. The van der Waals surface area contributed by atoms with Crippen molar-refractivity contribution in [2.75, 3.05) is 0 Å². The predicted octanol–water partition coefficient (Wildman–Crippen LogP) is 3.50. The largest absolute Gasteiger partial charge is 0.481 e. The van der Waals surface area contributed by atoms with Gasteiger partial charge in [0.25, 0.3) is 0 Å². The van der Waals surface area contributed by atoms with Crippen LogP contribution in [0.3, 0.4) is 0 Å². The van der Waals surface area contributed by atoms with Gasteiger partial charge in [-0.05, 0) is 37.3 Å². The minimum absolute atomic E-state index is 0.164. The molecule has 3 nitrogen and oxygen atoms in total. The highest BCUT2D eigenvalue weighted by Crippen LogP contribution is 2.27. The lowest BCUT2D eigenvalue weighted by Gasteiger charge is -2.26.